The lowest BCUT2D eigenvalue weighted by atomic mass is 10.1. The average Bonchev–Trinajstić information content (AvgIpc) is 2.53. The Balaban J connectivity index is 1.79. The van der Waals surface area contributed by atoms with E-state index in [1.54, 1.807) is 12.1 Å². The summed E-state index contributed by atoms with van der Waals surface area (Å²) in [5.74, 6) is -0.663. The van der Waals surface area contributed by atoms with Crippen molar-refractivity contribution in [2.75, 3.05) is 11.9 Å². The van der Waals surface area contributed by atoms with Crippen molar-refractivity contribution in [1.29, 1.82) is 0 Å². The van der Waals surface area contributed by atoms with E-state index >= 15 is 0 Å². The molecular weight excluding hydrogens is 359 g/mol. The lowest BCUT2D eigenvalue weighted by Crippen LogP contribution is -2.29. The van der Waals surface area contributed by atoms with Gasteiger partial charge in [0, 0.05) is 22.3 Å². The molecule has 0 spiro atoms. The fraction of sp³-hybridized carbons (Fsp3) is 0.263. The molecule has 0 heterocycles. The van der Waals surface area contributed by atoms with Gasteiger partial charge in [-0.15, -0.1) is 0 Å². The second kappa shape index (κ2) is 8.88. The van der Waals surface area contributed by atoms with E-state index in [-0.39, 0.29) is 18.2 Å². The monoisotopic (exact) mass is 378 g/mol. The summed E-state index contributed by atoms with van der Waals surface area (Å²) in [4.78, 5) is 23.9. The first-order valence-electron chi connectivity index (χ1n) is 7.93. The molecule has 0 saturated carbocycles. The quantitative estimate of drug-likeness (QED) is 0.736. The number of halogens is 2. The second-order valence-corrected chi connectivity index (χ2v) is 6.72. The molecule has 0 atom stereocenters. The predicted molar refractivity (Wildman–Crippen MR) is 102 cm³/mol. The number of anilines is 1. The predicted octanol–water partition coefficient (Wildman–Crippen LogP) is 4.30. The normalized spacial score (nSPS) is 10.4. The van der Waals surface area contributed by atoms with Gasteiger partial charge >= 0.3 is 0 Å². The van der Waals surface area contributed by atoms with Gasteiger partial charge in [0.15, 0.2) is 0 Å². The zero-order valence-corrected chi connectivity index (χ0v) is 15.7. The molecule has 4 nitrogen and oxygen atoms in total. The van der Waals surface area contributed by atoms with Crippen molar-refractivity contribution in [2.24, 2.45) is 0 Å². The minimum atomic E-state index is -0.337. The second-order valence-electron chi connectivity index (χ2n) is 5.88. The largest absolute Gasteiger partial charge is 0.355 e. The van der Waals surface area contributed by atoms with E-state index in [0.29, 0.717) is 23.0 Å². The maximum absolute atomic E-state index is 12.0. The third-order valence-electron chi connectivity index (χ3n) is 3.72. The van der Waals surface area contributed by atoms with Crippen LogP contribution < -0.4 is 10.6 Å². The summed E-state index contributed by atoms with van der Waals surface area (Å²) in [6.07, 6.45) is 0.349. The molecule has 2 aromatic rings. The summed E-state index contributed by atoms with van der Waals surface area (Å²) in [7, 11) is 0. The van der Waals surface area contributed by atoms with Crippen LogP contribution >= 0.6 is 23.2 Å². The maximum Gasteiger partial charge on any atom is 0.233 e. The third-order valence-corrected chi connectivity index (χ3v) is 4.31. The number of rotatable bonds is 6. The summed E-state index contributed by atoms with van der Waals surface area (Å²) in [6.45, 7) is 4.26. The molecular formula is C19H20Cl2N2O2. The van der Waals surface area contributed by atoms with Gasteiger partial charge in [-0.1, -0.05) is 41.4 Å². The molecule has 0 aliphatic heterocycles. The number of hydrogen-bond acceptors (Lipinski definition) is 2. The first-order chi connectivity index (χ1) is 11.8. The van der Waals surface area contributed by atoms with Crippen LogP contribution in [0.2, 0.25) is 10.0 Å². The van der Waals surface area contributed by atoms with Crippen molar-refractivity contribution in [3.8, 4) is 0 Å². The highest BCUT2D eigenvalue weighted by molar-refractivity contribution is 6.35. The Morgan fingerprint density at radius 3 is 2.48 bits per heavy atom. The van der Waals surface area contributed by atoms with E-state index in [2.05, 4.69) is 10.6 Å². The van der Waals surface area contributed by atoms with Crippen molar-refractivity contribution in [3.05, 3.63) is 63.1 Å². The van der Waals surface area contributed by atoms with Gasteiger partial charge in [0.05, 0.1) is 0 Å². The van der Waals surface area contributed by atoms with E-state index in [9.17, 15) is 9.59 Å². The molecule has 25 heavy (non-hydrogen) atoms. The molecule has 0 aliphatic carbocycles. The Kier molecular flexibility index (Phi) is 6.85. The first-order valence-corrected chi connectivity index (χ1v) is 8.68. The van der Waals surface area contributed by atoms with Gasteiger partial charge < -0.3 is 10.6 Å². The van der Waals surface area contributed by atoms with E-state index in [1.165, 1.54) is 0 Å². The Morgan fingerprint density at radius 1 is 1.00 bits per heavy atom. The fourth-order valence-electron chi connectivity index (χ4n) is 2.33. The number of amides is 2. The van der Waals surface area contributed by atoms with Crippen LogP contribution in [0.15, 0.2) is 36.4 Å². The lowest BCUT2D eigenvalue weighted by Gasteiger charge is -2.10. The van der Waals surface area contributed by atoms with Gasteiger partial charge in [-0.25, -0.2) is 0 Å². The Hall–Kier alpha value is -2.04. The molecule has 0 aromatic heterocycles. The van der Waals surface area contributed by atoms with Gasteiger partial charge in [0.2, 0.25) is 11.8 Å². The number of hydrogen-bond donors (Lipinski definition) is 2. The molecule has 0 bridgehead atoms. The topological polar surface area (TPSA) is 58.2 Å². The minimum Gasteiger partial charge on any atom is -0.355 e. The van der Waals surface area contributed by atoms with Crippen molar-refractivity contribution in [2.45, 2.75) is 26.7 Å². The summed E-state index contributed by atoms with van der Waals surface area (Å²) in [5, 5.41) is 6.63. The van der Waals surface area contributed by atoms with E-state index < -0.39 is 0 Å². The van der Waals surface area contributed by atoms with Crippen LogP contribution in [0, 0.1) is 13.8 Å². The summed E-state index contributed by atoms with van der Waals surface area (Å²) < 4.78 is 0. The molecule has 2 aromatic carbocycles. The molecule has 0 fully saturated rings. The molecule has 2 amide bonds. The zero-order valence-electron chi connectivity index (χ0n) is 14.2. The summed E-state index contributed by atoms with van der Waals surface area (Å²) >= 11 is 11.9. The molecule has 0 radical (unpaired) electrons. The first kappa shape index (κ1) is 19.3. The number of benzene rings is 2. The smallest absolute Gasteiger partial charge is 0.233 e. The van der Waals surface area contributed by atoms with Crippen molar-refractivity contribution in [1.82, 2.24) is 5.32 Å². The van der Waals surface area contributed by atoms with Crippen molar-refractivity contribution in [3.63, 3.8) is 0 Å². The maximum atomic E-state index is 12.0. The van der Waals surface area contributed by atoms with E-state index in [4.69, 9.17) is 23.2 Å². The summed E-state index contributed by atoms with van der Waals surface area (Å²) in [5.41, 5.74) is 3.62. The SMILES string of the molecule is Cc1ccc(C)c(NC(=O)CC(=O)NCCc2ccc(Cl)cc2Cl)c1. The standard InChI is InChI=1S/C19H20Cl2N2O2/c1-12-3-4-13(2)17(9-12)23-19(25)11-18(24)22-8-7-14-5-6-15(20)10-16(14)21/h3-6,9-10H,7-8,11H2,1-2H3,(H,22,24)(H,23,25). The number of carbonyl (C=O) groups excluding carboxylic acids is 2. The van der Waals surface area contributed by atoms with Gasteiger partial charge in [0.25, 0.3) is 0 Å². The lowest BCUT2D eigenvalue weighted by molar-refractivity contribution is -0.126. The Bertz CT molecular complexity index is 791. The fourth-order valence-corrected chi connectivity index (χ4v) is 2.84. The highest BCUT2D eigenvalue weighted by Gasteiger charge is 2.11. The third kappa shape index (κ3) is 6.07. The molecule has 0 aliphatic rings. The molecule has 0 saturated heterocycles. The molecule has 6 heteroatoms. The van der Waals surface area contributed by atoms with E-state index in [1.807, 2.05) is 38.1 Å². The number of carbonyl (C=O) groups is 2. The highest BCUT2D eigenvalue weighted by Crippen LogP contribution is 2.21. The average molecular weight is 379 g/mol. The van der Waals surface area contributed by atoms with Crippen molar-refractivity contribution >= 4 is 40.7 Å². The van der Waals surface area contributed by atoms with Gasteiger partial charge in [0.1, 0.15) is 6.42 Å². The van der Waals surface area contributed by atoms with Crippen LogP contribution in [0.25, 0.3) is 0 Å². The van der Waals surface area contributed by atoms with E-state index in [0.717, 1.165) is 22.4 Å². The highest BCUT2D eigenvalue weighted by atomic mass is 35.5. The van der Waals surface area contributed by atoms with Crippen LogP contribution in [-0.4, -0.2) is 18.4 Å². The number of aryl methyl sites for hydroxylation is 2. The Morgan fingerprint density at radius 2 is 1.76 bits per heavy atom. The van der Waals surface area contributed by atoms with Crippen molar-refractivity contribution < 1.29 is 9.59 Å². The van der Waals surface area contributed by atoms with Crippen LogP contribution in [0.4, 0.5) is 5.69 Å². The zero-order chi connectivity index (χ0) is 18.4. The minimum absolute atomic E-state index is 0.221. The van der Waals surface area contributed by atoms with Crippen LogP contribution in [0.5, 0.6) is 0 Å². The summed E-state index contributed by atoms with van der Waals surface area (Å²) in [6, 6.07) is 11.0. The molecule has 2 rings (SSSR count). The molecule has 2 N–H and O–H groups in total. The van der Waals surface area contributed by atoms with Crippen LogP contribution in [-0.2, 0) is 16.0 Å². The molecule has 132 valence electrons. The van der Waals surface area contributed by atoms with Gasteiger partial charge in [-0.2, -0.15) is 0 Å². The number of nitrogens with one attached hydrogen (secondary N) is 2. The van der Waals surface area contributed by atoms with Crippen LogP contribution in [0.3, 0.4) is 0 Å². The van der Waals surface area contributed by atoms with Gasteiger partial charge in [-0.3, -0.25) is 9.59 Å². The Labute approximate surface area is 157 Å². The van der Waals surface area contributed by atoms with Gasteiger partial charge in [-0.05, 0) is 55.2 Å². The molecule has 0 unspecified atom stereocenters. The van der Waals surface area contributed by atoms with Crippen LogP contribution in [0.1, 0.15) is 23.1 Å².